The minimum absolute atomic E-state index is 0.115. The van der Waals surface area contributed by atoms with E-state index >= 15 is 0 Å². The molecule has 5 rings (SSSR count). The van der Waals surface area contributed by atoms with E-state index in [0.29, 0.717) is 42.2 Å². The smallest absolute Gasteiger partial charge is 0.264 e. The van der Waals surface area contributed by atoms with E-state index in [-0.39, 0.29) is 24.1 Å². The largest absolute Gasteiger partial charge is 0.486 e. The lowest BCUT2D eigenvalue weighted by Gasteiger charge is -2.31. The minimum atomic E-state index is -0.308. The molecule has 0 saturated heterocycles. The molecule has 1 amide bonds. The first kappa shape index (κ1) is 20.7. The number of carbonyl (C=O) groups is 1. The lowest BCUT2D eigenvalue weighted by atomic mass is 10.2. The molecule has 0 saturated carbocycles. The normalized spacial score (nSPS) is 14.9. The number of benzene rings is 2. The molecule has 0 unspecified atom stereocenters. The zero-order chi connectivity index (χ0) is 22.8. The van der Waals surface area contributed by atoms with Crippen molar-refractivity contribution in [3.8, 4) is 17.2 Å². The van der Waals surface area contributed by atoms with E-state index in [0.717, 1.165) is 5.69 Å². The van der Waals surface area contributed by atoms with Crippen molar-refractivity contribution in [1.82, 2.24) is 24.2 Å². The van der Waals surface area contributed by atoms with E-state index in [2.05, 4.69) is 10.1 Å². The van der Waals surface area contributed by atoms with E-state index in [1.54, 1.807) is 9.58 Å². The van der Waals surface area contributed by atoms with Crippen LogP contribution in [0.15, 0.2) is 71.9 Å². The number of nitrogens with zero attached hydrogens (tertiary/aromatic N) is 5. The fourth-order valence-corrected chi connectivity index (χ4v) is 3.87. The highest BCUT2D eigenvalue weighted by Gasteiger charge is 2.25. The highest BCUT2D eigenvalue weighted by molar-refractivity contribution is 5.78. The summed E-state index contributed by atoms with van der Waals surface area (Å²) in [5.74, 6) is 1.17. The van der Waals surface area contributed by atoms with Crippen molar-refractivity contribution in [3.63, 3.8) is 0 Å². The van der Waals surface area contributed by atoms with Crippen molar-refractivity contribution >= 4 is 16.9 Å². The summed E-state index contributed by atoms with van der Waals surface area (Å²) in [5.41, 5.74) is 0.952. The third kappa shape index (κ3) is 4.05. The molecule has 1 aliphatic rings. The van der Waals surface area contributed by atoms with Gasteiger partial charge in [0.15, 0.2) is 23.3 Å². The van der Waals surface area contributed by atoms with Gasteiger partial charge in [-0.25, -0.2) is 9.67 Å². The van der Waals surface area contributed by atoms with Gasteiger partial charge in [-0.2, -0.15) is 5.10 Å². The zero-order valence-electron chi connectivity index (χ0n) is 18.1. The fraction of sp³-hybridized carbons (Fsp3) is 0.250. The van der Waals surface area contributed by atoms with Gasteiger partial charge in [0, 0.05) is 6.54 Å². The van der Waals surface area contributed by atoms with Gasteiger partial charge < -0.3 is 14.4 Å². The van der Waals surface area contributed by atoms with Crippen molar-refractivity contribution < 1.29 is 14.3 Å². The van der Waals surface area contributed by atoms with Crippen LogP contribution in [0.4, 0.5) is 0 Å². The molecule has 9 nitrogen and oxygen atoms in total. The molecule has 1 atom stereocenters. The topological polar surface area (TPSA) is 91.5 Å². The van der Waals surface area contributed by atoms with Gasteiger partial charge in [0.05, 0.1) is 18.4 Å². The number of hydrogen-bond donors (Lipinski definition) is 0. The number of fused-ring (bicyclic) bond motifs is 2. The second kappa shape index (κ2) is 8.78. The van der Waals surface area contributed by atoms with Crippen LogP contribution in [0.1, 0.15) is 6.92 Å². The maximum absolute atomic E-state index is 13.0. The Morgan fingerprint density at radius 1 is 1.12 bits per heavy atom. The van der Waals surface area contributed by atoms with Gasteiger partial charge in [-0.1, -0.05) is 30.3 Å². The molecule has 2 aromatic heterocycles. The molecule has 4 aromatic rings. The van der Waals surface area contributed by atoms with Crippen molar-refractivity contribution in [3.05, 3.63) is 77.5 Å². The van der Waals surface area contributed by atoms with Gasteiger partial charge in [0.2, 0.25) is 5.91 Å². The molecule has 0 radical (unpaired) electrons. The van der Waals surface area contributed by atoms with E-state index in [9.17, 15) is 9.59 Å². The summed E-state index contributed by atoms with van der Waals surface area (Å²) < 4.78 is 14.7. The second-order valence-electron chi connectivity index (χ2n) is 7.74. The van der Waals surface area contributed by atoms with Crippen LogP contribution in [0.3, 0.4) is 0 Å². The first-order valence-corrected chi connectivity index (χ1v) is 10.8. The van der Waals surface area contributed by atoms with Crippen molar-refractivity contribution in [2.45, 2.75) is 19.6 Å². The Balaban J connectivity index is 1.32. The van der Waals surface area contributed by atoms with Crippen LogP contribution in [-0.2, 0) is 11.3 Å². The number of amides is 1. The lowest BCUT2D eigenvalue weighted by Crippen LogP contribution is -2.45. The molecular formula is C24H23N5O4. The van der Waals surface area contributed by atoms with Crippen molar-refractivity contribution in [2.75, 3.05) is 19.7 Å². The quantitative estimate of drug-likeness (QED) is 0.452. The predicted molar refractivity (Wildman–Crippen MR) is 122 cm³/mol. The summed E-state index contributed by atoms with van der Waals surface area (Å²) in [4.78, 5) is 32.1. The van der Waals surface area contributed by atoms with Gasteiger partial charge in [-0.3, -0.25) is 14.2 Å². The van der Waals surface area contributed by atoms with Crippen LogP contribution in [0.25, 0.3) is 16.7 Å². The number of carbonyl (C=O) groups excluding carboxylic acids is 1. The van der Waals surface area contributed by atoms with E-state index < -0.39 is 0 Å². The molecule has 9 heteroatoms. The number of para-hydroxylation sites is 3. The summed E-state index contributed by atoms with van der Waals surface area (Å²) in [7, 11) is 0. The van der Waals surface area contributed by atoms with Gasteiger partial charge in [-0.15, -0.1) is 0 Å². The first-order chi connectivity index (χ1) is 16.1. The van der Waals surface area contributed by atoms with Gasteiger partial charge >= 0.3 is 0 Å². The van der Waals surface area contributed by atoms with Crippen LogP contribution in [0.2, 0.25) is 0 Å². The molecule has 0 fully saturated rings. The van der Waals surface area contributed by atoms with Crippen LogP contribution in [-0.4, -0.2) is 55.9 Å². The molecule has 3 heterocycles. The number of aromatic nitrogens is 4. The Bertz CT molecular complexity index is 1350. The third-order valence-corrected chi connectivity index (χ3v) is 5.59. The highest BCUT2D eigenvalue weighted by atomic mass is 16.6. The summed E-state index contributed by atoms with van der Waals surface area (Å²) in [6, 6.07) is 16.9. The summed E-state index contributed by atoms with van der Waals surface area (Å²) >= 11 is 0. The van der Waals surface area contributed by atoms with Gasteiger partial charge in [-0.05, 0) is 31.2 Å². The Labute approximate surface area is 189 Å². The molecule has 168 valence electrons. The Morgan fingerprint density at radius 3 is 2.67 bits per heavy atom. The van der Waals surface area contributed by atoms with Crippen LogP contribution in [0.5, 0.6) is 11.5 Å². The Hall–Kier alpha value is -4.14. The predicted octanol–water partition coefficient (Wildman–Crippen LogP) is 2.27. The third-order valence-electron chi connectivity index (χ3n) is 5.59. The van der Waals surface area contributed by atoms with Gasteiger partial charge in [0.25, 0.3) is 5.56 Å². The molecule has 0 spiro atoms. The van der Waals surface area contributed by atoms with Gasteiger partial charge in [0.1, 0.15) is 24.9 Å². The number of hydrogen-bond acceptors (Lipinski definition) is 6. The second-order valence-corrected chi connectivity index (χ2v) is 7.74. The average Bonchev–Trinajstić information content (AvgIpc) is 3.29. The van der Waals surface area contributed by atoms with Crippen molar-refractivity contribution in [2.24, 2.45) is 0 Å². The summed E-state index contributed by atoms with van der Waals surface area (Å²) in [6.07, 6.45) is 2.60. The SMILES string of the molecule is CCN(C[C@@H]1COc2ccccc2O1)C(=O)Cn1cnc2c(cnn2-c2ccccc2)c1=O. The molecule has 0 aliphatic carbocycles. The molecule has 0 N–H and O–H groups in total. The maximum Gasteiger partial charge on any atom is 0.264 e. The minimum Gasteiger partial charge on any atom is -0.486 e. The summed E-state index contributed by atoms with van der Waals surface area (Å²) in [6.45, 7) is 2.98. The summed E-state index contributed by atoms with van der Waals surface area (Å²) in [5, 5.41) is 4.67. The van der Waals surface area contributed by atoms with Crippen LogP contribution in [0, 0.1) is 0 Å². The number of rotatable bonds is 6. The Morgan fingerprint density at radius 2 is 1.88 bits per heavy atom. The average molecular weight is 445 g/mol. The molecule has 1 aliphatic heterocycles. The fourth-order valence-electron chi connectivity index (χ4n) is 3.87. The monoisotopic (exact) mass is 445 g/mol. The first-order valence-electron chi connectivity index (χ1n) is 10.8. The van der Waals surface area contributed by atoms with E-state index in [1.807, 2.05) is 61.5 Å². The van der Waals surface area contributed by atoms with Crippen molar-refractivity contribution in [1.29, 1.82) is 0 Å². The maximum atomic E-state index is 13.0. The Kier molecular flexibility index (Phi) is 5.52. The highest BCUT2D eigenvalue weighted by Crippen LogP contribution is 2.31. The lowest BCUT2D eigenvalue weighted by molar-refractivity contribution is -0.133. The standard InChI is InChI=1S/C24H23N5O4/c1-2-27(13-18-15-32-20-10-6-7-11-21(20)33-18)22(30)14-28-16-25-23-19(24(28)31)12-26-29(23)17-8-4-3-5-9-17/h3-12,16,18H,2,13-15H2,1H3/t18-/m1/s1. The molecular weight excluding hydrogens is 422 g/mol. The van der Waals surface area contributed by atoms with E-state index in [1.165, 1.54) is 17.1 Å². The van der Waals surface area contributed by atoms with Crippen LogP contribution >= 0.6 is 0 Å². The zero-order valence-corrected chi connectivity index (χ0v) is 18.1. The van der Waals surface area contributed by atoms with E-state index in [4.69, 9.17) is 9.47 Å². The molecule has 2 aromatic carbocycles. The number of likely N-dealkylation sites (N-methyl/N-ethyl adjacent to an activating group) is 1. The number of ether oxygens (including phenoxy) is 2. The molecule has 0 bridgehead atoms. The molecule has 33 heavy (non-hydrogen) atoms. The van der Waals surface area contributed by atoms with Crippen LogP contribution < -0.4 is 15.0 Å².